The third kappa shape index (κ3) is 4.36. The molecule has 1 N–H and O–H groups in total. The fourth-order valence-corrected chi connectivity index (χ4v) is 3.02. The number of carbonyl (C=O) groups is 1. The quantitative estimate of drug-likeness (QED) is 0.862. The lowest BCUT2D eigenvalue weighted by molar-refractivity contribution is -0.134. The van der Waals surface area contributed by atoms with E-state index in [4.69, 9.17) is 9.84 Å². The number of nitrogens with zero attached hydrogens (tertiary/aromatic N) is 4. The summed E-state index contributed by atoms with van der Waals surface area (Å²) in [5.74, 6) is 1.98. The van der Waals surface area contributed by atoms with Gasteiger partial charge in [-0.2, -0.15) is 5.10 Å². The number of aliphatic hydroxyl groups excluding tert-OH is 1. The molecule has 1 aromatic carbocycles. The zero-order chi connectivity index (χ0) is 17.6. The highest BCUT2D eigenvalue weighted by Gasteiger charge is 2.17. The van der Waals surface area contributed by atoms with Crippen molar-refractivity contribution in [3.8, 4) is 17.1 Å². The Bertz CT molecular complexity index is 723. The molecule has 7 heteroatoms. The summed E-state index contributed by atoms with van der Waals surface area (Å²) in [4.78, 5) is 18.5. The van der Waals surface area contributed by atoms with E-state index in [1.807, 2.05) is 36.1 Å². The van der Waals surface area contributed by atoms with Gasteiger partial charge in [-0.05, 0) is 38.3 Å². The lowest BCUT2D eigenvalue weighted by Crippen LogP contribution is -2.38. The largest absolute Gasteiger partial charge is 0.484 e. The van der Waals surface area contributed by atoms with Gasteiger partial charge < -0.3 is 14.7 Å². The van der Waals surface area contributed by atoms with Crippen molar-refractivity contribution in [3.63, 3.8) is 0 Å². The summed E-state index contributed by atoms with van der Waals surface area (Å²) < 4.78 is 7.37. The van der Waals surface area contributed by atoms with E-state index >= 15 is 0 Å². The molecule has 0 spiro atoms. The van der Waals surface area contributed by atoms with Crippen LogP contribution in [-0.4, -0.2) is 57.0 Å². The molecular formula is C18H24N4O3. The van der Waals surface area contributed by atoms with Gasteiger partial charge in [0.15, 0.2) is 12.4 Å². The van der Waals surface area contributed by atoms with Crippen LogP contribution in [0.5, 0.6) is 5.75 Å². The van der Waals surface area contributed by atoms with Gasteiger partial charge in [-0.15, -0.1) is 0 Å². The van der Waals surface area contributed by atoms with Crippen molar-refractivity contribution in [2.45, 2.75) is 32.7 Å². The molecule has 2 aromatic rings. The zero-order valence-corrected chi connectivity index (χ0v) is 14.5. The first kappa shape index (κ1) is 17.4. The first-order valence-corrected chi connectivity index (χ1v) is 8.70. The summed E-state index contributed by atoms with van der Waals surface area (Å²) in [6.45, 7) is 3.89. The number of ether oxygens (including phenoxy) is 1. The summed E-state index contributed by atoms with van der Waals surface area (Å²) >= 11 is 0. The number of benzene rings is 1. The van der Waals surface area contributed by atoms with E-state index in [0.717, 1.165) is 31.5 Å². The summed E-state index contributed by atoms with van der Waals surface area (Å²) in [6.07, 6.45) is 3.34. The second-order valence-electron chi connectivity index (χ2n) is 6.19. The molecule has 7 nitrogen and oxygen atoms in total. The van der Waals surface area contributed by atoms with Crippen molar-refractivity contribution >= 4 is 5.91 Å². The van der Waals surface area contributed by atoms with Crippen LogP contribution in [0.25, 0.3) is 11.4 Å². The number of aryl methyl sites for hydroxylation is 1. The Kier molecular flexibility index (Phi) is 5.65. The normalized spacial score (nSPS) is 14.6. The highest BCUT2D eigenvalue weighted by molar-refractivity contribution is 5.77. The van der Waals surface area contributed by atoms with Gasteiger partial charge in [0, 0.05) is 18.7 Å². The van der Waals surface area contributed by atoms with E-state index < -0.39 is 0 Å². The van der Waals surface area contributed by atoms with Crippen LogP contribution in [0.2, 0.25) is 0 Å². The molecule has 0 aliphatic carbocycles. The molecule has 1 aliphatic rings. The van der Waals surface area contributed by atoms with Crippen LogP contribution in [0.4, 0.5) is 0 Å². The Morgan fingerprint density at radius 3 is 2.84 bits per heavy atom. The number of hydrogen-bond donors (Lipinski definition) is 1. The number of hydrogen-bond acceptors (Lipinski definition) is 5. The molecule has 3 rings (SSSR count). The smallest absolute Gasteiger partial charge is 0.260 e. The van der Waals surface area contributed by atoms with Crippen LogP contribution in [0.15, 0.2) is 24.3 Å². The van der Waals surface area contributed by atoms with Gasteiger partial charge in [0.1, 0.15) is 11.6 Å². The third-order valence-corrected chi connectivity index (χ3v) is 4.25. The van der Waals surface area contributed by atoms with Gasteiger partial charge in [0.2, 0.25) is 0 Å². The number of amides is 1. The second-order valence-corrected chi connectivity index (χ2v) is 6.19. The minimum absolute atomic E-state index is 0.00364. The molecule has 1 saturated heterocycles. The van der Waals surface area contributed by atoms with Crippen molar-refractivity contribution in [3.05, 3.63) is 30.1 Å². The third-order valence-electron chi connectivity index (χ3n) is 4.25. The lowest BCUT2D eigenvalue weighted by atomic mass is 10.1. The minimum Gasteiger partial charge on any atom is -0.484 e. The Balaban J connectivity index is 1.68. The van der Waals surface area contributed by atoms with Gasteiger partial charge in [0.05, 0.1) is 13.2 Å². The number of aromatic nitrogens is 3. The summed E-state index contributed by atoms with van der Waals surface area (Å²) in [6, 6.07) is 7.45. The van der Waals surface area contributed by atoms with Gasteiger partial charge in [-0.1, -0.05) is 12.1 Å². The predicted octanol–water partition coefficient (Wildman–Crippen LogP) is 1.64. The Morgan fingerprint density at radius 1 is 1.28 bits per heavy atom. The SMILES string of the molecule is Cc1nc(-c2cccc(OCC(=O)N3CCCCC3)c2)n(CCO)n1. The Morgan fingerprint density at radius 2 is 2.08 bits per heavy atom. The van der Waals surface area contributed by atoms with Crippen LogP contribution >= 0.6 is 0 Å². The monoisotopic (exact) mass is 344 g/mol. The van der Waals surface area contributed by atoms with E-state index in [-0.39, 0.29) is 19.1 Å². The van der Waals surface area contributed by atoms with Crippen molar-refractivity contribution in [1.29, 1.82) is 0 Å². The van der Waals surface area contributed by atoms with E-state index in [1.165, 1.54) is 6.42 Å². The molecule has 0 unspecified atom stereocenters. The van der Waals surface area contributed by atoms with E-state index in [2.05, 4.69) is 10.1 Å². The molecular weight excluding hydrogens is 320 g/mol. The standard InChI is InChI=1S/C18H24N4O3/c1-14-19-18(22(20-14)10-11-23)15-6-5-7-16(12-15)25-13-17(24)21-8-3-2-4-9-21/h5-7,12,23H,2-4,8-11,13H2,1H3. The van der Waals surface area contributed by atoms with Crippen LogP contribution in [-0.2, 0) is 11.3 Å². The predicted molar refractivity (Wildman–Crippen MR) is 93.2 cm³/mol. The minimum atomic E-state index is -0.00364. The molecule has 0 radical (unpaired) electrons. The average Bonchev–Trinajstić information content (AvgIpc) is 3.01. The van der Waals surface area contributed by atoms with E-state index in [1.54, 1.807) is 4.68 Å². The molecule has 134 valence electrons. The Labute approximate surface area is 147 Å². The van der Waals surface area contributed by atoms with Gasteiger partial charge in [-0.3, -0.25) is 4.79 Å². The number of aliphatic hydroxyl groups is 1. The molecule has 1 aromatic heterocycles. The first-order chi connectivity index (χ1) is 12.2. The molecule has 2 heterocycles. The fraction of sp³-hybridized carbons (Fsp3) is 0.500. The highest BCUT2D eigenvalue weighted by atomic mass is 16.5. The van der Waals surface area contributed by atoms with E-state index in [0.29, 0.717) is 23.9 Å². The molecule has 1 fully saturated rings. The maximum atomic E-state index is 12.2. The molecule has 0 atom stereocenters. The summed E-state index contributed by atoms with van der Waals surface area (Å²) in [7, 11) is 0. The topological polar surface area (TPSA) is 80.5 Å². The van der Waals surface area contributed by atoms with Crippen molar-refractivity contribution in [1.82, 2.24) is 19.7 Å². The highest BCUT2D eigenvalue weighted by Crippen LogP contribution is 2.23. The Hall–Kier alpha value is -2.41. The molecule has 0 saturated carbocycles. The fourth-order valence-electron chi connectivity index (χ4n) is 3.02. The van der Waals surface area contributed by atoms with Gasteiger partial charge >= 0.3 is 0 Å². The second kappa shape index (κ2) is 8.11. The lowest BCUT2D eigenvalue weighted by Gasteiger charge is -2.26. The number of likely N-dealkylation sites (tertiary alicyclic amines) is 1. The van der Waals surface area contributed by atoms with Crippen LogP contribution in [0.3, 0.4) is 0 Å². The number of piperidine rings is 1. The maximum Gasteiger partial charge on any atom is 0.260 e. The van der Waals surface area contributed by atoms with Crippen molar-refractivity contribution in [2.24, 2.45) is 0 Å². The van der Waals surface area contributed by atoms with Crippen LogP contribution in [0, 0.1) is 6.92 Å². The van der Waals surface area contributed by atoms with Gasteiger partial charge in [-0.25, -0.2) is 9.67 Å². The number of carbonyl (C=O) groups excluding carboxylic acids is 1. The van der Waals surface area contributed by atoms with E-state index in [9.17, 15) is 4.79 Å². The van der Waals surface area contributed by atoms with Gasteiger partial charge in [0.25, 0.3) is 5.91 Å². The molecule has 1 amide bonds. The number of rotatable bonds is 6. The summed E-state index contributed by atoms with van der Waals surface area (Å²) in [5, 5.41) is 13.5. The molecule has 1 aliphatic heterocycles. The molecule has 0 bridgehead atoms. The first-order valence-electron chi connectivity index (χ1n) is 8.70. The van der Waals surface area contributed by atoms with Crippen molar-refractivity contribution < 1.29 is 14.6 Å². The molecule has 25 heavy (non-hydrogen) atoms. The van der Waals surface area contributed by atoms with Crippen LogP contribution < -0.4 is 4.74 Å². The average molecular weight is 344 g/mol. The maximum absolute atomic E-state index is 12.2. The van der Waals surface area contributed by atoms with Crippen molar-refractivity contribution in [2.75, 3.05) is 26.3 Å². The zero-order valence-electron chi connectivity index (χ0n) is 14.5. The summed E-state index contributed by atoms with van der Waals surface area (Å²) in [5.41, 5.74) is 0.844. The van der Waals surface area contributed by atoms with Crippen LogP contribution in [0.1, 0.15) is 25.1 Å².